The van der Waals surface area contributed by atoms with Crippen LogP contribution in [0.2, 0.25) is 0 Å². The zero-order valence-corrected chi connectivity index (χ0v) is 14.4. The lowest BCUT2D eigenvalue weighted by molar-refractivity contribution is 0.0347. The largest absolute Gasteiger partial charge is 0.388 e. The molecule has 130 valence electrons. The number of amides is 2. The van der Waals surface area contributed by atoms with E-state index in [4.69, 9.17) is 4.52 Å². The van der Waals surface area contributed by atoms with E-state index in [9.17, 15) is 9.90 Å². The van der Waals surface area contributed by atoms with Crippen LogP contribution in [0.1, 0.15) is 77.1 Å². The molecule has 7 heteroatoms. The molecule has 0 aromatic carbocycles. The third-order valence-electron chi connectivity index (χ3n) is 4.51. The fourth-order valence-electron chi connectivity index (χ4n) is 2.33. The van der Waals surface area contributed by atoms with Gasteiger partial charge in [0, 0.05) is 12.5 Å². The van der Waals surface area contributed by atoms with Gasteiger partial charge < -0.3 is 20.3 Å². The molecule has 2 amide bonds. The Morgan fingerprint density at radius 3 is 2.57 bits per heavy atom. The third kappa shape index (κ3) is 4.67. The molecule has 1 unspecified atom stereocenters. The molecule has 0 saturated heterocycles. The zero-order chi connectivity index (χ0) is 17.0. The minimum Gasteiger partial charge on any atom is -0.388 e. The van der Waals surface area contributed by atoms with Crippen molar-refractivity contribution >= 4 is 6.03 Å². The third-order valence-corrected chi connectivity index (χ3v) is 4.51. The average Bonchev–Trinajstić information content (AvgIpc) is 3.28. The van der Waals surface area contributed by atoms with Crippen LogP contribution in [0.4, 0.5) is 4.79 Å². The summed E-state index contributed by atoms with van der Waals surface area (Å²) in [6.45, 7) is 7.99. The van der Waals surface area contributed by atoms with E-state index < -0.39 is 5.60 Å². The molecule has 1 heterocycles. The van der Waals surface area contributed by atoms with E-state index in [2.05, 4.69) is 20.8 Å². The van der Waals surface area contributed by atoms with Crippen molar-refractivity contribution in [2.24, 2.45) is 5.92 Å². The Hall–Kier alpha value is -1.63. The summed E-state index contributed by atoms with van der Waals surface area (Å²) >= 11 is 0. The van der Waals surface area contributed by atoms with Gasteiger partial charge in [-0.1, -0.05) is 32.9 Å². The molecule has 1 aromatic rings. The zero-order valence-electron chi connectivity index (χ0n) is 14.4. The molecule has 1 aromatic heterocycles. The Kier molecular flexibility index (Phi) is 5.62. The molecule has 2 rings (SSSR count). The van der Waals surface area contributed by atoms with Crippen LogP contribution < -0.4 is 10.6 Å². The van der Waals surface area contributed by atoms with Gasteiger partial charge in [-0.3, -0.25) is 0 Å². The number of hydrogen-bond donors (Lipinski definition) is 3. The Bertz CT molecular complexity index is 521. The smallest absolute Gasteiger partial charge is 0.315 e. The molecule has 0 bridgehead atoms. The molecular weight excluding hydrogens is 296 g/mol. The van der Waals surface area contributed by atoms with Gasteiger partial charge in [0.1, 0.15) is 6.04 Å². The number of hydrogen-bond acceptors (Lipinski definition) is 5. The summed E-state index contributed by atoms with van der Waals surface area (Å²) in [4.78, 5) is 16.6. The van der Waals surface area contributed by atoms with Gasteiger partial charge >= 0.3 is 6.03 Å². The second-order valence-corrected chi connectivity index (χ2v) is 6.75. The van der Waals surface area contributed by atoms with Gasteiger partial charge in [0.05, 0.1) is 5.60 Å². The van der Waals surface area contributed by atoms with E-state index >= 15 is 0 Å². The van der Waals surface area contributed by atoms with E-state index in [-0.39, 0.29) is 24.5 Å². The van der Waals surface area contributed by atoms with Crippen molar-refractivity contribution in [3.05, 3.63) is 11.7 Å². The quantitative estimate of drug-likeness (QED) is 0.682. The number of urea groups is 1. The van der Waals surface area contributed by atoms with Gasteiger partial charge in [-0.2, -0.15) is 4.98 Å². The van der Waals surface area contributed by atoms with Crippen molar-refractivity contribution < 1.29 is 14.4 Å². The maximum absolute atomic E-state index is 12.1. The molecule has 1 saturated carbocycles. The summed E-state index contributed by atoms with van der Waals surface area (Å²) in [5.41, 5.74) is -0.867. The van der Waals surface area contributed by atoms with E-state index in [1.807, 2.05) is 27.7 Å². The van der Waals surface area contributed by atoms with Crippen molar-refractivity contribution in [1.29, 1.82) is 0 Å². The molecule has 3 N–H and O–H groups in total. The first-order valence-electron chi connectivity index (χ1n) is 8.48. The number of aliphatic hydroxyl groups is 1. The minimum atomic E-state index is -0.867. The van der Waals surface area contributed by atoms with Gasteiger partial charge in [-0.05, 0) is 31.6 Å². The minimum absolute atomic E-state index is 0.115. The van der Waals surface area contributed by atoms with Gasteiger partial charge in [0.2, 0.25) is 5.89 Å². The van der Waals surface area contributed by atoms with Crippen molar-refractivity contribution in [2.45, 2.75) is 70.9 Å². The number of carbonyl (C=O) groups excluding carboxylic acids is 1. The first-order valence-corrected chi connectivity index (χ1v) is 8.48. The average molecular weight is 324 g/mol. The van der Waals surface area contributed by atoms with Crippen LogP contribution in [-0.4, -0.2) is 33.4 Å². The fourth-order valence-corrected chi connectivity index (χ4v) is 2.33. The summed E-state index contributed by atoms with van der Waals surface area (Å²) in [5, 5.41) is 19.8. The highest BCUT2D eigenvalue weighted by molar-refractivity contribution is 5.74. The molecule has 0 radical (unpaired) electrons. The normalized spacial score (nSPS) is 16.4. The maximum atomic E-state index is 12.1. The highest BCUT2D eigenvalue weighted by Crippen LogP contribution is 2.38. The molecule has 1 fully saturated rings. The summed E-state index contributed by atoms with van der Waals surface area (Å²) in [6.07, 6.45) is 3.38. The molecule has 23 heavy (non-hydrogen) atoms. The first kappa shape index (κ1) is 17.7. The maximum Gasteiger partial charge on any atom is 0.315 e. The predicted molar refractivity (Wildman–Crippen MR) is 85.9 cm³/mol. The van der Waals surface area contributed by atoms with Crippen molar-refractivity contribution in [2.75, 3.05) is 6.54 Å². The van der Waals surface area contributed by atoms with Crippen LogP contribution >= 0.6 is 0 Å². The number of carbonyl (C=O) groups is 1. The summed E-state index contributed by atoms with van der Waals surface area (Å²) < 4.78 is 5.33. The molecule has 1 atom stereocenters. The van der Waals surface area contributed by atoms with Crippen LogP contribution in [-0.2, 0) is 0 Å². The highest BCUT2D eigenvalue weighted by atomic mass is 16.5. The van der Waals surface area contributed by atoms with Crippen LogP contribution in [0.25, 0.3) is 0 Å². The van der Waals surface area contributed by atoms with Crippen molar-refractivity contribution in [1.82, 2.24) is 20.8 Å². The Morgan fingerprint density at radius 1 is 1.39 bits per heavy atom. The fraction of sp³-hybridized carbons (Fsp3) is 0.812. The number of nitrogens with one attached hydrogen (secondary N) is 2. The second-order valence-electron chi connectivity index (χ2n) is 6.75. The van der Waals surface area contributed by atoms with Crippen LogP contribution in [0.15, 0.2) is 4.52 Å². The molecule has 1 aliphatic carbocycles. The summed E-state index contributed by atoms with van der Waals surface area (Å²) in [7, 11) is 0. The van der Waals surface area contributed by atoms with E-state index in [0.717, 1.165) is 18.7 Å². The molecule has 7 nitrogen and oxygen atoms in total. The lowest BCUT2D eigenvalue weighted by Gasteiger charge is -2.26. The number of rotatable bonds is 8. The summed E-state index contributed by atoms with van der Waals surface area (Å²) in [5.74, 6) is 1.71. The molecule has 1 aliphatic rings. The standard InChI is InChI=1S/C16H28N4O3/c1-5-16(22,6-2)9-17-15(21)18-12(10(3)4)14-19-13(20-23-14)11-7-8-11/h10-12,22H,5-9H2,1-4H3,(H2,17,18,21). The van der Waals surface area contributed by atoms with Crippen molar-refractivity contribution in [3.63, 3.8) is 0 Å². The lowest BCUT2D eigenvalue weighted by atomic mass is 9.98. The highest BCUT2D eigenvalue weighted by Gasteiger charge is 2.32. The first-order chi connectivity index (χ1) is 10.9. The van der Waals surface area contributed by atoms with Crippen molar-refractivity contribution in [3.8, 4) is 0 Å². The predicted octanol–water partition coefficient (Wildman–Crippen LogP) is 2.49. The van der Waals surface area contributed by atoms with Crippen LogP contribution in [0.3, 0.4) is 0 Å². The van der Waals surface area contributed by atoms with E-state index in [0.29, 0.717) is 24.7 Å². The Balaban J connectivity index is 1.94. The monoisotopic (exact) mass is 324 g/mol. The number of nitrogens with zero attached hydrogens (tertiary/aromatic N) is 2. The van der Waals surface area contributed by atoms with Gasteiger partial charge in [-0.15, -0.1) is 0 Å². The van der Waals surface area contributed by atoms with Crippen LogP contribution in [0.5, 0.6) is 0 Å². The topological polar surface area (TPSA) is 100 Å². The molecular formula is C16H28N4O3. The Labute approximate surface area is 137 Å². The molecule has 0 aliphatic heterocycles. The SMILES string of the molecule is CCC(O)(CC)CNC(=O)NC(c1nc(C2CC2)no1)C(C)C. The van der Waals surface area contributed by atoms with E-state index in [1.165, 1.54) is 0 Å². The van der Waals surface area contributed by atoms with Gasteiger partial charge in [0.25, 0.3) is 0 Å². The Morgan fingerprint density at radius 2 is 2.04 bits per heavy atom. The molecule has 0 spiro atoms. The van der Waals surface area contributed by atoms with Gasteiger partial charge in [0.15, 0.2) is 5.82 Å². The lowest BCUT2D eigenvalue weighted by Crippen LogP contribution is -2.47. The number of aromatic nitrogens is 2. The van der Waals surface area contributed by atoms with Gasteiger partial charge in [-0.25, -0.2) is 4.79 Å². The van der Waals surface area contributed by atoms with Crippen LogP contribution in [0, 0.1) is 5.92 Å². The summed E-state index contributed by atoms with van der Waals surface area (Å²) in [6, 6.07) is -0.679. The second kappa shape index (κ2) is 7.29. The van der Waals surface area contributed by atoms with E-state index in [1.54, 1.807) is 0 Å².